The lowest BCUT2D eigenvalue weighted by Gasteiger charge is -2.31. The van der Waals surface area contributed by atoms with E-state index in [0.717, 1.165) is 21.8 Å². The van der Waals surface area contributed by atoms with Crippen LogP contribution in [0.25, 0.3) is 0 Å². The molecule has 1 fully saturated rings. The van der Waals surface area contributed by atoms with Gasteiger partial charge in [0, 0.05) is 24.7 Å². The number of piperidine rings is 1. The average molecular weight is 357 g/mol. The van der Waals surface area contributed by atoms with Gasteiger partial charge in [0.1, 0.15) is 0 Å². The van der Waals surface area contributed by atoms with E-state index < -0.39 is 0 Å². The second-order valence-electron chi connectivity index (χ2n) is 6.41. The first-order valence-corrected chi connectivity index (χ1v) is 9.39. The van der Waals surface area contributed by atoms with Crippen molar-refractivity contribution >= 4 is 34.0 Å². The summed E-state index contributed by atoms with van der Waals surface area (Å²) in [7, 11) is 0. The molecule has 1 saturated heterocycles. The van der Waals surface area contributed by atoms with Crippen LogP contribution in [-0.2, 0) is 4.79 Å². The van der Waals surface area contributed by atoms with E-state index in [1.807, 2.05) is 49.6 Å². The molecular formula is C19H23N3O2S. The molecule has 1 aromatic carbocycles. The topological polar surface area (TPSA) is 61.4 Å². The van der Waals surface area contributed by atoms with Crippen LogP contribution in [0.1, 0.15) is 24.0 Å². The average Bonchev–Trinajstić information content (AvgIpc) is 3.12. The molecule has 1 aliphatic rings. The zero-order valence-corrected chi connectivity index (χ0v) is 15.4. The van der Waals surface area contributed by atoms with E-state index in [1.54, 1.807) is 4.90 Å². The molecule has 3 amide bonds. The van der Waals surface area contributed by atoms with E-state index in [9.17, 15) is 9.59 Å². The second kappa shape index (κ2) is 7.70. The van der Waals surface area contributed by atoms with E-state index in [0.29, 0.717) is 25.9 Å². The van der Waals surface area contributed by atoms with Gasteiger partial charge < -0.3 is 10.2 Å². The first-order valence-electron chi connectivity index (χ1n) is 8.51. The van der Waals surface area contributed by atoms with Crippen LogP contribution in [0.15, 0.2) is 35.7 Å². The smallest absolute Gasteiger partial charge is 0.322 e. The van der Waals surface area contributed by atoms with Gasteiger partial charge >= 0.3 is 6.03 Å². The molecule has 0 bridgehead atoms. The maximum absolute atomic E-state index is 12.5. The van der Waals surface area contributed by atoms with E-state index in [2.05, 4.69) is 10.6 Å². The number of nitrogens with one attached hydrogen (secondary N) is 2. The van der Waals surface area contributed by atoms with Crippen LogP contribution >= 0.6 is 11.3 Å². The quantitative estimate of drug-likeness (QED) is 0.863. The normalized spacial score (nSPS) is 15.0. The van der Waals surface area contributed by atoms with Crippen molar-refractivity contribution in [3.63, 3.8) is 0 Å². The van der Waals surface area contributed by atoms with Crippen molar-refractivity contribution in [2.75, 3.05) is 23.7 Å². The van der Waals surface area contributed by atoms with Crippen LogP contribution in [0.2, 0.25) is 0 Å². The van der Waals surface area contributed by atoms with Crippen LogP contribution in [0.3, 0.4) is 0 Å². The Labute approximate surface area is 152 Å². The third-order valence-corrected chi connectivity index (χ3v) is 5.55. The number of hydrogen-bond acceptors (Lipinski definition) is 3. The van der Waals surface area contributed by atoms with Gasteiger partial charge in [0.25, 0.3) is 0 Å². The number of benzene rings is 1. The highest BCUT2D eigenvalue weighted by Crippen LogP contribution is 2.23. The number of hydrogen-bond donors (Lipinski definition) is 2. The maximum Gasteiger partial charge on any atom is 0.322 e. The number of aryl methyl sites for hydroxylation is 1. The number of rotatable bonds is 3. The molecule has 0 atom stereocenters. The molecule has 1 aromatic heterocycles. The number of anilines is 2. The summed E-state index contributed by atoms with van der Waals surface area (Å²) in [6.07, 6.45) is 1.38. The maximum atomic E-state index is 12.5. The van der Waals surface area contributed by atoms with Gasteiger partial charge in [0.15, 0.2) is 0 Å². The third-order valence-electron chi connectivity index (χ3n) is 4.77. The second-order valence-corrected chi connectivity index (χ2v) is 7.35. The molecule has 132 valence electrons. The van der Waals surface area contributed by atoms with Crippen molar-refractivity contribution in [3.05, 3.63) is 46.8 Å². The zero-order chi connectivity index (χ0) is 17.8. The van der Waals surface area contributed by atoms with Crippen LogP contribution in [-0.4, -0.2) is 29.9 Å². The molecule has 5 nitrogen and oxygen atoms in total. The van der Waals surface area contributed by atoms with Gasteiger partial charge in [0.2, 0.25) is 5.91 Å². The number of carbonyl (C=O) groups is 2. The Morgan fingerprint density at radius 3 is 2.52 bits per heavy atom. The minimum absolute atomic E-state index is 0.0482. The predicted molar refractivity (Wildman–Crippen MR) is 102 cm³/mol. The first kappa shape index (κ1) is 17.5. The van der Waals surface area contributed by atoms with Crippen LogP contribution in [0, 0.1) is 19.8 Å². The highest BCUT2D eigenvalue weighted by atomic mass is 32.1. The summed E-state index contributed by atoms with van der Waals surface area (Å²) in [6.45, 7) is 5.25. The zero-order valence-electron chi connectivity index (χ0n) is 14.5. The van der Waals surface area contributed by atoms with Crippen molar-refractivity contribution in [1.29, 1.82) is 0 Å². The number of likely N-dealkylation sites (tertiary alicyclic amines) is 1. The molecule has 3 rings (SSSR count). The number of amides is 3. The fraction of sp³-hybridized carbons (Fsp3) is 0.368. The molecule has 1 aliphatic heterocycles. The van der Waals surface area contributed by atoms with E-state index in [1.165, 1.54) is 11.3 Å². The molecule has 2 N–H and O–H groups in total. The SMILES string of the molecule is Cc1cccc(NC(=O)C2CCN(C(=O)Nc3cccs3)CC2)c1C. The highest BCUT2D eigenvalue weighted by Gasteiger charge is 2.27. The molecule has 2 heterocycles. The summed E-state index contributed by atoms with van der Waals surface area (Å²) in [5.41, 5.74) is 3.14. The van der Waals surface area contributed by atoms with E-state index in [4.69, 9.17) is 0 Å². The van der Waals surface area contributed by atoms with Crippen molar-refractivity contribution in [2.45, 2.75) is 26.7 Å². The fourth-order valence-electron chi connectivity index (χ4n) is 3.00. The van der Waals surface area contributed by atoms with Crippen molar-refractivity contribution in [3.8, 4) is 0 Å². The Balaban J connectivity index is 1.52. The van der Waals surface area contributed by atoms with Gasteiger partial charge in [-0.15, -0.1) is 11.3 Å². The van der Waals surface area contributed by atoms with Crippen molar-refractivity contribution in [2.24, 2.45) is 5.92 Å². The van der Waals surface area contributed by atoms with Gasteiger partial charge in [-0.3, -0.25) is 10.1 Å². The largest absolute Gasteiger partial charge is 0.326 e. The standard InChI is InChI=1S/C19H23N3O2S/c1-13-5-3-6-16(14(13)2)20-18(23)15-8-10-22(11-9-15)19(24)21-17-7-4-12-25-17/h3-7,12,15H,8-11H2,1-2H3,(H,20,23)(H,21,24). The van der Waals surface area contributed by atoms with Crippen molar-refractivity contribution < 1.29 is 9.59 Å². The van der Waals surface area contributed by atoms with Crippen molar-refractivity contribution in [1.82, 2.24) is 4.90 Å². The summed E-state index contributed by atoms with van der Waals surface area (Å²) < 4.78 is 0. The Hall–Kier alpha value is -2.34. The minimum atomic E-state index is -0.0872. The molecule has 25 heavy (non-hydrogen) atoms. The number of thiophene rings is 1. The molecule has 0 aliphatic carbocycles. The monoisotopic (exact) mass is 357 g/mol. The Morgan fingerprint density at radius 1 is 1.08 bits per heavy atom. The van der Waals surface area contributed by atoms with E-state index >= 15 is 0 Å². The molecule has 2 aromatic rings. The molecule has 0 radical (unpaired) electrons. The summed E-state index contributed by atoms with van der Waals surface area (Å²) >= 11 is 1.50. The minimum Gasteiger partial charge on any atom is -0.326 e. The summed E-state index contributed by atoms with van der Waals surface area (Å²) in [6, 6.07) is 9.63. The number of carbonyl (C=O) groups excluding carboxylic acids is 2. The Kier molecular flexibility index (Phi) is 5.38. The lowest BCUT2D eigenvalue weighted by molar-refractivity contribution is -0.121. The fourth-order valence-corrected chi connectivity index (χ4v) is 3.61. The van der Waals surface area contributed by atoms with Crippen LogP contribution < -0.4 is 10.6 Å². The Morgan fingerprint density at radius 2 is 1.84 bits per heavy atom. The summed E-state index contributed by atoms with van der Waals surface area (Å²) in [5.74, 6) is -0.00212. The van der Waals surface area contributed by atoms with Crippen LogP contribution in [0.4, 0.5) is 15.5 Å². The third kappa shape index (κ3) is 4.20. The van der Waals surface area contributed by atoms with Gasteiger partial charge in [-0.05, 0) is 61.4 Å². The summed E-state index contributed by atoms with van der Waals surface area (Å²) in [4.78, 5) is 26.6. The van der Waals surface area contributed by atoms with Crippen LogP contribution in [0.5, 0.6) is 0 Å². The van der Waals surface area contributed by atoms with Gasteiger partial charge in [-0.2, -0.15) is 0 Å². The van der Waals surface area contributed by atoms with Gasteiger partial charge in [0.05, 0.1) is 5.00 Å². The molecule has 0 unspecified atom stereocenters. The number of nitrogens with zero attached hydrogens (tertiary/aromatic N) is 1. The predicted octanol–water partition coefficient (Wildman–Crippen LogP) is 4.25. The Bertz CT molecular complexity index is 750. The molecular weight excluding hydrogens is 334 g/mol. The molecule has 0 spiro atoms. The molecule has 0 saturated carbocycles. The number of urea groups is 1. The lowest BCUT2D eigenvalue weighted by atomic mass is 9.95. The van der Waals surface area contributed by atoms with Gasteiger partial charge in [-0.1, -0.05) is 12.1 Å². The first-order chi connectivity index (χ1) is 12.0. The lowest BCUT2D eigenvalue weighted by Crippen LogP contribution is -2.43. The molecule has 6 heteroatoms. The summed E-state index contributed by atoms with van der Waals surface area (Å²) in [5, 5.41) is 8.72. The highest BCUT2D eigenvalue weighted by molar-refractivity contribution is 7.14. The van der Waals surface area contributed by atoms with Gasteiger partial charge in [-0.25, -0.2) is 4.79 Å². The van der Waals surface area contributed by atoms with E-state index in [-0.39, 0.29) is 17.9 Å².